The molecule has 0 aliphatic carbocycles. The lowest BCUT2D eigenvalue weighted by Gasteiger charge is -2.25. The fraction of sp³-hybridized carbons (Fsp3) is 0.938. The van der Waals surface area contributed by atoms with E-state index < -0.39 is 24.1 Å². The van der Waals surface area contributed by atoms with Gasteiger partial charge in [0, 0.05) is 6.42 Å². The molecule has 0 rings (SSSR count). The lowest BCUT2D eigenvalue weighted by atomic mass is 10.1. The van der Waals surface area contributed by atoms with Crippen LogP contribution in [0.1, 0.15) is 60.3 Å². The Morgan fingerprint density at radius 2 is 1.54 bits per heavy atom. The van der Waals surface area contributed by atoms with Gasteiger partial charge in [-0.3, -0.25) is 4.79 Å². The van der Waals surface area contributed by atoms with Gasteiger partial charge in [0.05, 0.1) is 0 Å². The van der Waals surface area contributed by atoms with Gasteiger partial charge in [0.2, 0.25) is 0 Å². The second-order valence-electron chi connectivity index (χ2n) is 7.08. The molecule has 1 atom stereocenters. The Balaban J connectivity index is 4.17. The molecule has 0 aromatic heterocycles. The number of thioether (sulfide) groups is 1. The summed E-state index contributed by atoms with van der Waals surface area (Å²) in [4.78, 5) is 12.1. The van der Waals surface area contributed by atoms with Crippen molar-refractivity contribution in [1.82, 2.24) is 0 Å². The zero-order valence-electron chi connectivity index (χ0n) is 14.8. The molecule has 0 aliphatic rings. The predicted octanol–water partition coefficient (Wildman–Crippen LogP) is 5.84. The number of halogens is 5. The lowest BCUT2D eigenvalue weighted by Crippen LogP contribution is -2.36. The highest BCUT2D eigenvalue weighted by atomic mass is 32.2. The predicted molar refractivity (Wildman–Crippen MR) is 86.4 cm³/mol. The summed E-state index contributed by atoms with van der Waals surface area (Å²) in [5, 5.41) is -0.374. The third kappa shape index (κ3) is 9.08. The summed E-state index contributed by atoms with van der Waals surface area (Å²) in [6.07, 6.45) is -6.14. The minimum atomic E-state index is -5.48. The SMILES string of the molecule is CC(C)C(SCCCCCC(F)(F)C(F)(F)F)C(=O)OC(C)(C)C. The van der Waals surface area contributed by atoms with Crippen molar-refractivity contribution < 1.29 is 31.5 Å². The van der Waals surface area contributed by atoms with Crippen LogP contribution in [0.25, 0.3) is 0 Å². The van der Waals surface area contributed by atoms with Crippen LogP contribution in [0.4, 0.5) is 22.0 Å². The molecule has 0 amide bonds. The average molecular weight is 378 g/mol. The molecular weight excluding hydrogens is 351 g/mol. The van der Waals surface area contributed by atoms with Gasteiger partial charge in [-0.05, 0) is 45.3 Å². The van der Waals surface area contributed by atoms with Crippen molar-refractivity contribution >= 4 is 17.7 Å². The van der Waals surface area contributed by atoms with Gasteiger partial charge in [-0.2, -0.15) is 22.0 Å². The molecule has 144 valence electrons. The van der Waals surface area contributed by atoms with E-state index in [1.165, 1.54) is 11.8 Å². The molecule has 0 bridgehead atoms. The molecule has 8 heteroatoms. The molecular formula is C16H27F5O2S. The Morgan fingerprint density at radius 3 is 1.96 bits per heavy atom. The van der Waals surface area contributed by atoms with Crippen LogP contribution in [0.15, 0.2) is 0 Å². The second kappa shape index (κ2) is 9.25. The van der Waals surface area contributed by atoms with Crippen molar-refractivity contribution in [2.24, 2.45) is 5.92 Å². The molecule has 0 aliphatic heterocycles. The van der Waals surface area contributed by atoms with E-state index in [9.17, 15) is 26.7 Å². The average Bonchev–Trinajstić information content (AvgIpc) is 2.33. The van der Waals surface area contributed by atoms with Crippen molar-refractivity contribution in [3.63, 3.8) is 0 Å². The van der Waals surface area contributed by atoms with Crippen molar-refractivity contribution in [2.45, 2.75) is 83.3 Å². The monoisotopic (exact) mass is 378 g/mol. The number of ether oxygens (including phenoxy) is 1. The fourth-order valence-corrected chi connectivity index (χ4v) is 3.06. The van der Waals surface area contributed by atoms with E-state index in [0.717, 1.165) is 0 Å². The molecule has 0 radical (unpaired) electrons. The van der Waals surface area contributed by atoms with E-state index in [-0.39, 0.29) is 30.0 Å². The first-order valence-corrected chi connectivity index (χ1v) is 9.01. The molecule has 2 nitrogen and oxygen atoms in total. The normalized spacial score (nSPS) is 14.8. The van der Waals surface area contributed by atoms with Gasteiger partial charge >= 0.3 is 18.1 Å². The van der Waals surface area contributed by atoms with Crippen LogP contribution in [-0.2, 0) is 9.53 Å². The Hall–Kier alpha value is -0.530. The van der Waals surface area contributed by atoms with Crippen LogP contribution in [0.5, 0.6) is 0 Å². The topological polar surface area (TPSA) is 26.3 Å². The van der Waals surface area contributed by atoms with Crippen molar-refractivity contribution in [3.05, 3.63) is 0 Å². The van der Waals surface area contributed by atoms with Crippen LogP contribution in [-0.4, -0.2) is 34.7 Å². The summed E-state index contributed by atoms with van der Waals surface area (Å²) in [6, 6.07) is 0. The standard InChI is InChI=1S/C16H27F5O2S/c1-11(2)12(13(22)23-14(3,4)5)24-10-8-6-7-9-15(17,18)16(19,20)21/h11-12H,6-10H2,1-5H3. The molecule has 1 unspecified atom stereocenters. The smallest absolute Gasteiger partial charge is 0.453 e. The summed E-state index contributed by atoms with van der Waals surface area (Å²) in [6.45, 7) is 9.08. The third-order valence-electron chi connectivity index (χ3n) is 3.09. The largest absolute Gasteiger partial charge is 0.459 e. The fourth-order valence-electron chi connectivity index (χ4n) is 1.87. The number of carbonyl (C=O) groups is 1. The Morgan fingerprint density at radius 1 is 1.00 bits per heavy atom. The van der Waals surface area contributed by atoms with E-state index in [2.05, 4.69) is 0 Å². The van der Waals surface area contributed by atoms with Crippen molar-refractivity contribution in [1.29, 1.82) is 0 Å². The van der Waals surface area contributed by atoms with Crippen LogP contribution < -0.4 is 0 Å². The Kier molecular flexibility index (Phi) is 9.04. The summed E-state index contributed by atoms with van der Waals surface area (Å²) < 4.78 is 66.9. The molecule has 0 saturated carbocycles. The second-order valence-corrected chi connectivity index (χ2v) is 8.33. The van der Waals surface area contributed by atoms with E-state index >= 15 is 0 Å². The van der Waals surface area contributed by atoms with Crippen molar-refractivity contribution in [3.8, 4) is 0 Å². The van der Waals surface area contributed by atoms with Gasteiger partial charge in [0.25, 0.3) is 0 Å². The Bertz CT molecular complexity index is 389. The number of hydrogen-bond donors (Lipinski definition) is 0. The molecule has 0 fully saturated rings. The van der Waals surface area contributed by atoms with E-state index in [0.29, 0.717) is 12.2 Å². The lowest BCUT2D eigenvalue weighted by molar-refractivity contribution is -0.284. The van der Waals surface area contributed by atoms with Crippen molar-refractivity contribution in [2.75, 3.05) is 5.75 Å². The maximum atomic E-state index is 12.7. The number of hydrogen-bond acceptors (Lipinski definition) is 3. The number of alkyl halides is 5. The van der Waals surface area contributed by atoms with Crippen LogP contribution in [0.3, 0.4) is 0 Å². The Labute approximate surface area is 144 Å². The molecule has 24 heavy (non-hydrogen) atoms. The third-order valence-corrected chi connectivity index (χ3v) is 4.71. The molecule has 0 spiro atoms. The number of rotatable bonds is 9. The van der Waals surface area contributed by atoms with Gasteiger partial charge in [-0.15, -0.1) is 11.8 Å². The summed E-state index contributed by atoms with van der Waals surface area (Å²) in [5.74, 6) is -4.40. The van der Waals surface area contributed by atoms with Gasteiger partial charge in [0.1, 0.15) is 10.9 Å². The van der Waals surface area contributed by atoms with E-state index in [1.54, 1.807) is 20.8 Å². The molecule has 0 saturated heterocycles. The van der Waals surface area contributed by atoms with E-state index in [4.69, 9.17) is 4.74 Å². The summed E-state index contributed by atoms with van der Waals surface area (Å²) >= 11 is 1.36. The van der Waals surface area contributed by atoms with Gasteiger partial charge in [0.15, 0.2) is 0 Å². The summed E-state index contributed by atoms with van der Waals surface area (Å²) in [5.41, 5.74) is -0.589. The van der Waals surface area contributed by atoms with Gasteiger partial charge in [-0.25, -0.2) is 0 Å². The highest BCUT2D eigenvalue weighted by Gasteiger charge is 2.56. The highest BCUT2D eigenvalue weighted by molar-refractivity contribution is 8.00. The number of unbranched alkanes of at least 4 members (excludes halogenated alkanes) is 2. The van der Waals surface area contributed by atoms with E-state index in [1.807, 2.05) is 13.8 Å². The first-order valence-electron chi connectivity index (χ1n) is 7.96. The summed E-state index contributed by atoms with van der Waals surface area (Å²) in [7, 11) is 0. The molecule has 0 heterocycles. The maximum Gasteiger partial charge on any atom is 0.453 e. The zero-order chi connectivity index (χ0) is 19.2. The van der Waals surface area contributed by atoms with Gasteiger partial charge < -0.3 is 4.74 Å². The molecule has 0 aromatic rings. The molecule has 0 N–H and O–H groups in total. The highest BCUT2D eigenvalue weighted by Crippen LogP contribution is 2.39. The minimum Gasteiger partial charge on any atom is -0.459 e. The number of carbonyl (C=O) groups excluding carboxylic acids is 1. The molecule has 0 aromatic carbocycles. The van der Waals surface area contributed by atoms with Crippen LogP contribution >= 0.6 is 11.8 Å². The quantitative estimate of drug-likeness (QED) is 0.286. The van der Waals surface area contributed by atoms with Gasteiger partial charge in [-0.1, -0.05) is 20.3 Å². The van der Waals surface area contributed by atoms with Crippen LogP contribution in [0, 0.1) is 5.92 Å². The van der Waals surface area contributed by atoms with Crippen LogP contribution in [0.2, 0.25) is 0 Å². The number of esters is 1. The minimum absolute atomic E-state index is 0.0411. The maximum absolute atomic E-state index is 12.7. The first-order chi connectivity index (χ1) is 10.7. The zero-order valence-corrected chi connectivity index (χ0v) is 15.6. The first kappa shape index (κ1) is 23.5.